The van der Waals surface area contributed by atoms with Crippen LogP contribution in [0.5, 0.6) is 0 Å². The van der Waals surface area contributed by atoms with Crippen LogP contribution in [0.25, 0.3) is 17.1 Å². The van der Waals surface area contributed by atoms with Crippen molar-refractivity contribution in [1.82, 2.24) is 19.9 Å². The Morgan fingerprint density at radius 3 is 2.77 bits per heavy atom. The van der Waals surface area contributed by atoms with E-state index in [2.05, 4.69) is 20.6 Å². The van der Waals surface area contributed by atoms with Gasteiger partial charge in [0.1, 0.15) is 11.6 Å². The maximum Gasteiger partial charge on any atom is 0.226 e. The Kier molecular flexibility index (Phi) is 6.08. The zero-order valence-electron chi connectivity index (χ0n) is 16.7. The summed E-state index contributed by atoms with van der Waals surface area (Å²) in [5.41, 5.74) is 2.20. The van der Waals surface area contributed by atoms with E-state index in [4.69, 9.17) is 16.1 Å². The van der Waals surface area contributed by atoms with Crippen LogP contribution in [-0.2, 0) is 11.2 Å². The van der Waals surface area contributed by atoms with E-state index in [9.17, 15) is 9.18 Å². The Hall–Kier alpha value is -3.52. The predicted octanol–water partition coefficient (Wildman–Crippen LogP) is 4.98. The highest BCUT2D eigenvalue weighted by Crippen LogP contribution is 2.21. The molecular weight excluding hydrogens is 421 g/mol. The van der Waals surface area contributed by atoms with Crippen LogP contribution >= 0.6 is 11.6 Å². The molecule has 0 atom stereocenters. The third kappa shape index (κ3) is 5.16. The van der Waals surface area contributed by atoms with Crippen LogP contribution in [0.1, 0.15) is 24.4 Å². The number of rotatable bonds is 7. The molecule has 7 nitrogen and oxygen atoms in total. The second kappa shape index (κ2) is 9.09. The summed E-state index contributed by atoms with van der Waals surface area (Å²) in [7, 11) is 0. The first-order valence-electron chi connectivity index (χ1n) is 9.69. The van der Waals surface area contributed by atoms with Gasteiger partial charge in [-0.1, -0.05) is 22.8 Å². The van der Waals surface area contributed by atoms with Gasteiger partial charge in [-0.25, -0.2) is 9.07 Å². The standard InChI is InChI=1S/C22H19ClFN5O2/c1-14-12-19(29(27-14)18-5-2-4-16(23)13-18)25-20(30)6-3-7-21-26-22(28-31-21)15-8-10-17(24)11-9-15/h2,4-5,8-13H,3,6-7H2,1H3,(H,25,30). The molecule has 2 aromatic carbocycles. The van der Waals surface area contributed by atoms with Crippen molar-refractivity contribution < 1.29 is 13.7 Å². The van der Waals surface area contributed by atoms with E-state index in [-0.39, 0.29) is 18.1 Å². The number of nitrogens with zero attached hydrogens (tertiary/aromatic N) is 4. The summed E-state index contributed by atoms with van der Waals surface area (Å²) in [4.78, 5) is 16.7. The highest BCUT2D eigenvalue weighted by molar-refractivity contribution is 6.30. The summed E-state index contributed by atoms with van der Waals surface area (Å²) < 4.78 is 19.9. The van der Waals surface area contributed by atoms with E-state index in [1.54, 1.807) is 35.0 Å². The van der Waals surface area contributed by atoms with E-state index in [0.29, 0.717) is 41.0 Å². The van der Waals surface area contributed by atoms with E-state index < -0.39 is 0 Å². The van der Waals surface area contributed by atoms with Crippen LogP contribution in [0.15, 0.2) is 59.1 Å². The van der Waals surface area contributed by atoms with Crippen molar-refractivity contribution in [1.29, 1.82) is 0 Å². The van der Waals surface area contributed by atoms with Gasteiger partial charge in [-0.3, -0.25) is 4.79 Å². The maximum atomic E-state index is 13.0. The second-order valence-electron chi connectivity index (χ2n) is 6.98. The molecule has 0 saturated heterocycles. The fourth-order valence-corrected chi connectivity index (χ4v) is 3.26. The average molecular weight is 440 g/mol. The van der Waals surface area contributed by atoms with E-state index in [1.165, 1.54) is 12.1 Å². The SMILES string of the molecule is Cc1cc(NC(=O)CCCc2nc(-c3ccc(F)cc3)no2)n(-c2cccc(Cl)c2)n1. The van der Waals surface area contributed by atoms with Crippen molar-refractivity contribution in [3.8, 4) is 17.1 Å². The summed E-state index contributed by atoms with van der Waals surface area (Å²) in [5, 5.41) is 11.8. The molecule has 0 radical (unpaired) electrons. The van der Waals surface area contributed by atoms with Gasteiger partial charge in [0.05, 0.1) is 11.4 Å². The minimum absolute atomic E-state index is 0.151. The lowest BCUT2D eigenvalue weighted by Gasteiger charge is -2.09. The largest absolute Gasteiger partial charge is 0.339 e. The Labute approximate surface area is 182 Å². The Morgan fingerprint density at radius 2 is 2.00 bits per heavy atom. The predicted molar refractivity (Wildman–Crippen MR) is 115 cm³/mol. The number of nitrogens with one attached hydrogen (secondary N) is 1. The van der Waals surface area contributed by atoms with Gasteiger partial charge in [0.25, 0.3) is 0 Å². The fraction of sp³-hybridized carbons (Fsp3) is 0.182. The summed E-state index contributed by atoms with van der Waals surface area (Å²) in [6, 6.07) is 14.9. The lowest BCUT2D eigenvalue weighted by atomic mass is 10.2. The number of amides is 1. The van der Waals surface area contributed by atoms with E-state index >= 15 is 0 Å². The van der Waals surface area contributed by atoms with Crippen LogP contribution in [0, 0.1) is 12.7 Å². The number of aryl methyl sites for hydroxylation is 2. The molecular formula is C22H19ClFN5O2. The van der Waals surface area contributed by atoms with Crippen LogP contribution in [0.3, 0.4) is 0 Å². The number of halogens is 2. The summed E-state index contributed by atoms with van der Waals surface area (Å²) in [6.45, 7) is 1.85. The third-order valence-corrected chi connectivity index (χ3v) is 4.75. The van der Waals surface area contributed by atoms with Gasteiger partial charge in [-0.15, -0.1) is 0 Å². The Balaban J connectivity index is 1.34. The number of carbonyl (C=O) groups excluding carboxylic acids is 1. The first-order chi connectivity index (χ1) is 15.0. The zero-order valence-corrected chi connectivity index (χ0v) is 17.4. The van der Waals surface area contributed by atoms with Crippen molar-refractivity contribution in [3.05, 3.63) is 77.0 Å². The molecule has 4 aromatic rings. The number of benzene rings is 2. The monoisotopic (exact) mass is 439 g/mol. The molecule has 0 bridgehead atoms. The van der Waals surface area contributed by atoms with Gasteiger partial charge < -0.3 is 9.84 Å². The van der Waals surface area contributed by atoms with Crippen molar-refractivity contribution in [2.75, 3.05) is 5.32 Å². The van der Waals surface area contributed by atoms with Gasteiger partial charge in [0.2, 0.25) is 17.6 Å². The van der Waals surface area contributed by atoms with Crippen LogP contribution in [-0.4, -0.2) is 25.8 Å². The molecule has 0 aliphatic carbocycles. The minimum atomic E-state index is -0.328. The molecule has 0 saturated carbocycles. The Bertz CT molecular complexity index is 1200. The molecule has 2 aromatic heterocycles. The highest BCUT2D eigenvalue weighted by Gasteiger charge is 2.13. The van der Waals surface area contributed by atoms with Gasteiger partial charge in [0, 0.05) is 29.5 Å². The van der Waals surface area contributed by atoms with Gasteiger partial charge in [0.15, 0.2) is 0 Å². The Morgan fingerprint density at radius 1 is 1.19 bits per heavy atom. The van der Waals surface area contributed by atoms with E-state index in [1.807, 2.05) is 19.1 Å². The zero-order chi connectivity index (χ0) is 21.8. The summed E-state index contributed by atoms with van der Waals surface area (Å²) in [6.07, 6.45) is 1.25. The lowest BCUT2D eigenvalue weighted by Crippen LogP contribution is -2.15. The van der Waals surface area contributed by atoms with E-state index in [0.717, 1.165) is 11.4 Å². The molecule has 0 fully saturated rings. The molecule has 4 rings (SSSR count). The quantitative estimate of drug-likeness (QED) is 0.438. The number of carbonyl (C=O) groups is 1. The van der Waals surface area contributed by atoms with Crippen molar-refractivity contribution >= 4 is 23.3 Å². The van der Waals surface area contributed by atoms with Crippen molar-refractivity contribution in [2.45, 2.75) is 26.2 Å². The fourth-order valence-electron chi connectivity index (χ4n) is 3.07. The maximum absolute atomic E-state index is 13.0. The molecule has 0 aliphatic rings. The number of hydrogen-bond acceptors (Lipinski definition) is 5. The van der Waals surface area contributed by atoms with Crippen molar-refractivity contribution in [2.24, 2.45) is 0 Å². The summed E-state index contributed by atoms with van der Waals surface area (Å²) >= 11 is 6.07. The highest BCUT2D eigenvalue weighted by atomic mass is 35.5. The number of aromatic nitrogens is 4. The summed E-state index contributed by atoms with van der Waals surface area (Å²) in [5.74, 6) is 0.903. The van der Waals surface area contributed by atoms with Gasteiger partial charge in [-0.2, -0.15) is 10.1 Å². The number of hydrogen-bond donors (Lipinski definition) is 1. The molecule has 158 valence electrons. The first kappa shape index (κ1) is 20.7. The number of anilines is 1. The normalized spacial score (nSPS) is 10.9. The average Bonchev–Trinajstić information content (AvgIpc) is 3.35. The van der Waals surface area contributed by atoms with Gasteiger partial charge in [-0.05, 0) is 55.8 Å². The topological polar surface area (TPSA) is 85.8 Å². The molecule has 2 heterocycles. The molecule has 0 spiro atoms. The van der Waals surface area contributed by atoms with Crippen LogP contribution in [0.2, 0.25) is 5.02 Å². The molecule has 1 N–H and O–H groups in total. The lowest BCUT2D eigenvalue weighted by molar-refractivity contribution is -0.116. The molecule has 31 heavy (non-hydrogen) atoms. The molecule has 0 aliphatic heterocycles. The molecule has 9 heteroatoms. The minimum Gasteiger partial charge on any atom is -0.339 e. The molecule has 1 amide bonds. The molecule has 0 unspecified atom stereocenters. The third-order valence-electron chi connectivity index (χ3n) is 4.52. The van der Waals surface area contributed by atoms with Crippen LogP contribution in [0.4, 0.5) is 10.2 Å². The first-order valence-corrected chi connectivity index (χ1v) is 10.1. The van der Waals surface area contributed by atoms with Crippen LogP contribution < -0.4 is 5.32 Å². The smallest absolute Gasteiger partial charge is 0.226 e. The van der Waals surface area contributed by atoms with Gasteiger partial charge >= 0.3 is 0 Å². The second-order valence-corrected chi connectivity index (χ2v) is 7.42. The van der Waals surface area contributed by atoms with Crippen molar-refractivity contribution in [3.63, 3.8) is 0 Å².